The molecule has 0 saturated carbocycles. The summed E-state index contributed by atoms with van der Waals surface area (Å²) in [7, 11) is 1.89. The molecule has 0 aliphatic carbocycles. The second-order valence-corrected chi connectivity index (χ2v) is 6.96. The van der Waals surface area contributed by atoms with Crippen molar-refractivity contribution in [1.82, 2.24) is 24.5 Å². The molecule has 1 atom stereocenters. The van der Waals surface area contributed by atoms with Gasteiger partial charge in [-0.1, -0.05) is 6.07 Å². The zero-order valence-electron chi connectivity index (χ0n) is 15.8. The fourth-order valence-corrected chi connectivity index (χ4v) is 3.67. The second kappa shape index (κ2) is 7.73. The van der Waals surface area contributed by atoms with E-state index in [1.165, 1.54) is 0 Å². The number of imidazole rings is 1. The van der Waals surface area contributed by atoms with Gasteiger partial charge in [-0.3, -0.25) is 4.98 Å². The van der Waals surface area contributed by atoms with Crippen molar-refractivity contribution in [2.75, 3.05) is 30.4 Å². The lowest BCUT2D eigenvalue weighted by Gasteiger charge is -2.33. The van der Waals surface area contributed by atoms with E-state index in [1.807, 2.05) is 50.8 Å². The first-order chi connectivity index (χ1) is 13.2. The van der Waals surface area contributed by atoms with Crippen LogP contribution >= 0.6 is 0 Å². The summed E-state index contributed by atoms with van der Waals surface area (Å²) < 4.78 is 2.21. The number of anilines is 2. The molecular formula is C20H25N7. The van der Waals surface area contributed by atoms with E-state index in [-0.39, 0.29) is 0 Å². The number of hydrogen-bond donors (Lipinski definition) is 1. The standard InChI is InChI=1S/C20H25N7/c1-15-12-18(21-2)25-20(24-15)27-10-5-6-16(13-27)19-23-9-11-26(19)14-17-7-3-4-8-22-17/h3-4,7-9,11-12,16H,5-6,10,13-14H2,1-2H3,(H,21,24,25)/t16-/m1/s1. The van der Waals surface area contributed by atoms with Crippen molar-refractivity contribution in [3.05, 3.63) is 60.1 Å². The smallest absolute Gasteiger partial charge is 0.227 e. The van der Waals surface area contributed by atoms with Gasteiger partial charge in [0.1, 0.15) is 11.6 Å². The van der Waals surface area contributed by atoms with Crippen molar-refractivity contribution in [2.24, 2.45) is 0 Å². The number of piperidine rings is 1. The highest BCUT2D eigenvalue weighted by molar-refractivity contribution is 5.43. The van der Waals surface area contributed by atoms with E-state index in [4.69, 9.17) is 0 Å². The first-order valence-electron chi connectivity index (χ1n) is 9.42. The summed E-state index contributed by atoms with van der Waals surface area (Å²) in [4.78, 5) is 20.7. The fourth-order valence-electron chi connectivity index (χ4n) is 3.67. The molecule has 1 aliphatic heterocycles. The van der Waals surface area contributed by atoms with Crippen molar-refractivity contribution in [3.8, 4) is 0 Å². The average molecular weight is 363 g/mol. The van der Waals surface area contributed by atoms with Gasteiger partial charge in [0.2, 0.25) is 5.95 Å². The van der Waals surface area contributed by atoms with Gasteiger partial charge in [-0.15, -0.1) is 0 Å². The van der Waals surface area contributed by atoms with Crippen molar-refractivity contribution < 1.29 is 0 Å². The van der Waals surface area contributed by atoms with Crippen LogP contribution in [0, 0.1) is 6.92 Å². The Hall–Kier alpha value is -2.96. The molecule has 140 valence electrons. The van der Waals surface area contributed by atoms with Crippen LogP contribution in [0.15, 0.2) is 42.9 Å². The molecule has 27 heavy (non-hydrogen) atoms. The zero-order valence-corrected chi connectivity index (χ0v) is 15.8. The molecular weight excluding hydrogens is 338 g/mol. The van der Waals surface area contributed by atoms with E-state index in [0.29, 0.717) is 5.92 Å². The van der Waals surface area contributed by atoms with Gasteiger partial charge in [0, 0.05) is 56.4 Å². The Labute approximate surface area is 159 Å². The summed E-state index contributed by atoms with van der Waals surface area (Å²) >= 11 is 0. The zero-order chi connectivity index (χ0) is 18.6. The van der Waals surface area contributed by atoms with Crippen LogP contribution in [0.5, 0.6) is 0 Å². The Morgan fingerprint density at radius 3 is 2.93 bits per heavy atom. The number of pyridine rings is 1. The topological polar surface area (TPSA) is 71.8 Å². The summed E-state index contributed by atoms with van der Waals surface area (Å²) in [5, 5.41) is 3.12. The molecule has 1 aliphatic rings. The number of nitrogens with zero attached hydrogens (tertiary/aromatic N) is 6. The van der Waals surface area contributed by atoms with Gasteiger partial charge in [0.25, 0.3) is 0 Å². The van der Waals surface area contributed by atoms with Crippen LogP contribution in [0.1, 0.15) is 36.0 Å². The minimum atomic E-state index is 0.361. The van der Waals surface area contributed by atoms with Gasteiger partial charge >= 0.3 is 0 Å². The van der Waals surface area contributed by atoms with E-state index in [0.717, 1.165) is 61.5 Å². The molecule has 7 nitrogen and oxygen atoms in total. The molecule has 0 amide bonds. The maximum Gasteiger partial charge on any atom is 0.227 e. The Morgan fingerprint density at radius 1 is 1.19 bits per heavy atom. The molecule has 0 bridgehead atoms. The molecule has 1 fully saturated rings. The third-order valence-corrected chi connectivity index (χ3v) is 4.97. The minimum absolute atomic E-state index is 0.361. The van der Waals surface area contributed by atoms with Crippen LogP contribution in [0.2, 0.25) is 0 Å². The molecule has 0 spiro atoms. The highest BCUT2D eigenvalue weighted by atomic mass is 15.3. The van der Waals surface area contributed by atoms with Crippen molar-refractivity contribution in [2.45, 2.75) is 32.2 Å². The molecule has 0 unspecified atom stereocenters. The van der Waals surface area contributed by atoms with Gasteiger partial charge in [-0.25, -0.2) is 9.97 Å². The largest absolute Gasteiger partial charge is 0.373 e. The number of rotatable bonds is 5. The Kier molecular flexibility index (Phi) is 5.00. The lowest BCUT2D eigenvalue weighted by molar-refractivity contribution is 0.470. The van der Waals surface area contributed by atoms with Gasteiger partial charge in [0.05, 0.1) is 12.2 Å². The van der Waals surface area contributed by atoms with Gasteiger partial charge < -0.3 is 14.8 Å². The number of hydrogen-bond acceptors (Lipinski definition) is 6. The lowest BCUT2D eigenvalue weighted by atomic mass is 9.97. The molecule has 1 saturated heterocycles. The summed E-state index contributed by atoms with van der Waals surface area (Å²) in [6.07, 6.45) is 8.00. The number of aromatic nitrogens is 5. The van der Waals surface area contributed by atoms with E-state index in [2.05, 4.69) is 40.8 Å². The molecule has 7 heteroatoms. The maximum atomic E-state index is 4.67. The first kappa shape index (κ1) is 17.5. The predicted octanol–water partition coefficient (Wildman–Crippen LogP) is 2.85. The van der Waals surface area contributed by atoms with E-state index in [1.54, 1.807) is 0 Å². The highest BCUT2D eigenvalue weighted by Gasteiger charge is 2.26. The minimum Gasteiger partial charge on any atom is -0.373 e. The van der Waals surface area contributed by atoms with Crippen LogP contribution < -0.4 is 10.2 Å². The predicted molar refractivity (Wildman–Crippen MR) is 106 cm³/mol. The number of nitrogens with one attached hydrogen (secondary N) is 1. The molecule has 0 radical (unpaired) electrons. The summed E-state index contributed by atoms with van der Waals surface area (Å²) in [5.41, 5.74) is 2.02. The van der Waals surface area contributed by atoms with Crippen LogP contribution in [0.25, 0.3) is 0 Å². The fraction of sp³-hybridized carbons (Fsp3) is 0.400. The molecule has 4 rings (SSSR count). The van der Waals surface area contributed by atoms with E-state index < -0.39 is 0 Å². The summed E-state index contributed by atoms with van der Waals surface area (Å²) in [5.74, 6) is 3.13. The average Bonchev–Trinajstić information content (AvgIpc) is 3.16. The third-order valence-electron chi connectivity index (χ3n) is 4.97. The maximum absolute atomic E-state index is 4.67. The van der Waals surface area contributed by atoms with Crippen LogP contribution in [0.3, 0.4) is 0 Å². The van der Waals surface area contributed by atoms with Crippen LogP contribution in [-0.4, -0.2) is 44.6 Å². The third kappa shape index (κ3) is 3.92. The van der Waals surface area contributed by atoms with Crippen LogP contribution in [-0.2, 0) is 6.54 Å². The van der Waals surface area contributed by atoms with E-state index >= 15 is 0 Å². The number of aryl methyl sites for hydroxylation is 1. The molecule has 4 heterocycles. The summed E-state index contributed by atoms with van der Waals surface area (Å²) in [6.45, 7) is 4.61. The molecule has 3 aromatic heterocycles. The Bertz CT molecular complexity index is 890. The van der Waals surface area contributed by atoms with Crippen molar-refractivity contribution in [1.29, 1.82) is 0 Å². The quantitative estimate of drug-likeness (QED) is 0.752. The van der Waals surface area contributed by atoms with Gasteiger partial charge in [-0.05, 0) is 31.9 Å². The molecule has 0 aromatic carbocycles. The first-order valence-corrected chi connectivity index (χ1v) is 9.42. The van der Waals surface area contributed by atoms with Crippen molar-refractivity contribution >= 4 is 11.8 Å². The SMILES string of the molecule is CNc1cc(C)nc(N2CCC[C@@H](c3nccn3Cc3ccccn3)C2)n1. The molecule has 3 aromatic rings. The second-order valence-electron chi connectivity index (χ2n) is 6.96. The highest BCUT2D eigenvalue weighted by Crippen LogP contribution is 2.28. The lowest BCUT2D eigenvalue weighted by Crippen LogP contribution is -2.36. The normalized spacial score (nSPS) is 17.1. The molecule has 1 N–H and O–H groups in total. The van der Waals surface area contributed by atoms with E-state index in [9.17, 15) is 0 Å². The Balaban J connectivity index is 1.54. The van der Waals surface area contributed by atoms with Gasteiger partial charge in [-0.2, -0.15) is 4.98 Å². The summed E-state index contributed by atoms with van der Waals surface area (Å²) in [6, 6.07) is 7.98. The monoisotopic (exact) mass is 363 g/mol. The van der Waals surface area contributed by atoms with Crippen LogP contribution in [0.4, 0.5) is 11.8 Å². The Morgan fingerprint density at radius 2 is 2.11 bits per heavy atom. The van der Waals surface area contributed by atoms with Crippen molar-refractivity contribution in [3.63, 3.8) is 0 Å². The van der Waals surface area contributed by atoms with Gasteiger partial charge in [0.15, 0.2) is 0 Å².